The smallest absolute Gasteiger partial charge is 0.0428 e. The van der Waals surface area contributed by atoms with E-state index in [0.717, 1.165) is 6.54 Å². The summed E-state index contributed by atoms with van der Waals surface area (Å²) in [6.07, 6.45) is 0. The molecule has 0 atom stereocenters. The highest BCUT2D eigenvalue weighted by molar-refractivity contribution is 4.62. The van der Waals surface area contributed by atoms with Crippen LogP contribution in [-0.2, 0) is 0 Å². The zero-order chi connectivity index (χ0) is 6.62. The van der Waals surface area contributed by atoms with E-state index in [1.807, 2.05) is 0 Å². The van der Waals surface area contributed by atoms with E-state index in [4.69, 9.17) is 5.73 Å². The molecule has 0 unspecified atom stereocenters. The van der Waals surface area contributed by atoms with Gasteiger partial charge in [0.15, 0.2) is 0 Å². The molecule has 0 aromatic rings. The molecule has 0 saturated carbocycles. The van der Waals surface area contributed by atoms with Crippen LogP contribution in [0.2, 0.25) is 0 Å². The van der Waals surface area contributed by atoms with Crippen LogP contribution in [0.5, 0.6) is 0 Å². The van der Waals surface area contributed by atoms with Gasteiger partial charge in [-0.05, 0) is 5.41 Å². The third-order valence-electron chi connectivity index (χ3n) is 0.800. The van der Waals surface area contributed by atoms with Crippen LogP contribution >= 0.6 is 0 Å². The maximum atomic E-state index is 5.22. The van der Waals surface area contributed by atoms with E-state index >= 15 is 0 Å². The lowest BCUT2D eigenvalue weighted by molar-refractivity contribution is 0.383. The molecule has 3 N–H and O–H groups in total. The fourth-order valence-electron chi connectivity index (χ4n) is 0.447. The molecule has 8 heavy (non-hydrogen) atoms. The first-order valence-corrected chi connectivity index (χ1v) is 2.97. The molecule has 0 amide bonds. The van der Waals surface area contributed by atoms with Crippen LogP contribution in [0.15, 0.2) is 0 Å². The number of hydrogen-bond donors (Lipinski definition) is 2. The third kappa shape index (κ3) is 5.92. The van der Waals surface area contributed by atoms with Crippen molar-refractivity contribution in [3.63, 3.8) is 0 Å². The zero-order valence-corrected chi connectivity index (χ0v) is 5.99. The van der Waals surface area contributed by atoms with Crippen molar-refractivity contribution < 1.29 is 0 Å². The molecule has 0 heterocycles. The van der Waals surface area contributed by atoms with E-state index in [1.165, 1.54) is 0 Å². The summed E-state index contributed by atoms with van der Waals surface area (Å²) in [6.45, 7) is 8.10. The summed E-state index contributed by atoms with van der Waals surface area (Å²) in [6, 6.07) is 0. The van der Waals surface area contributed by atoms with Crippen LogP contribution in [0.25, 0.3) is 0 Å². The Morgan fingerprint density at radius 1 is 1.38 bits per heavy atom. The van der Waals surface area contributed by atoms with Crippen molar-refractivity contribution in [2.24, 2.45) is 11.1 Å². The highest BCUT2D eigenvalue weighted by atomic mass is 15.0. The molecule has 0 aliphatic rings. The van der Waals surface area contributed by atoms with Crippen molar-refractivity contribution in [3.05, 3.63) is 0 Å². The van der Waals surface area contributed by atoms with Gasteiger partial charge in [-0.25, -0.2) is 0 Å². The summed E-state index contributed by atoms with van der Waals surface area (Å²) in [5.74, 6) is 0. The maximum Gasteiger partial charge on any atom is 0.0428 e. The van der Waals surface area contributed by atoms with Gasteiger partial charge in [0.25, 0.3) is 0 Å². The van der Waals surface area contributed by atoms with E-state index < -0.39 is 0 Å². The summed E-state index contributed by atoms with van der Waals surface area (Å²) < 4.78 is 0. The maximum absolute atomic E-state index is 5.22. The second kappa shape index (κ2) is 3.05. The third-order valence-corrected chi connectivity index (χ3v) is 0.800. The van der Waals surface area contributed by atoms with E-state index in [-0.39, 0.29) is 0 Å². The molecule has 0 aromatic carbocycles. The van der Waals surface area contributed by atoms with Gasteiger partial charge in [0.2, 0.25) is 0 Å². The number of nitrogens with one attached hydrogen (secondary N) is 1. The average Bonchev–Trinajstić information content (AvgIpc) is 1.59. The highest BCUT2D eigenvalue weighted by Gasteiger charge is 2.06. The lowest BCUT2D eigenvalue weighted by atomic mass is 9.97. The van der Waals surface area contributed by atoms with Gasteiger partial charge < -0.3 is 11.1 Å². The number of nitrogens with two attached hydrogens (primary N) is 1. The molecule has 0 saturated heterocycles. The molecular weight excluding hydrogens is 100 g/mol. The van der Waals surface area contributed by atoms with Crippen LogP contribution < -0.4 is 11.1 Å². The molecule has 2 heteroatoms. The second-order valence-electron chi connectivity index (χ2n) is 3.19. The van der Waals surface area contributed by atoms with Crippen molar-refractivity contribution in [3.8, 4) is 0 Å². The van der Waals surface area contributed by atoms with Gasteiger partial charge in [0.05, 0.1) is 0 Å². The molecule has 0 aliphatic carbocycles. The fourth-order valence-corrected chi connectivity index (χ4v) is 0.447. The Balaban J connectivity index is 3.11. The van der Waals surface area contributed by atoms with Crippen LogP contribution in [-0.4, -0.2) is 13.2 Å². The summed E-state index contributed by atoms with van der Waals surface area (Å²) in [4.78, 5) is 0. The minimum atomic E-state index is 0.360. The van der Waals surface area contributed by atoms with Crippen LogP contribution in [0.4, 0.5) is 0 Å². The summed E-state index contributed by atoms with van der Waals surface area (Å²) in [5, 5.41) is 3.07. The van der Waals surface area contributed by atoms with Gasteiger partial charge in [-0.1, -0.05) is 20.8 Å². The molecule has 0 aliphatic heterocycles. The minimum absolute atomic E-state index is 0.360. The van der Waals surface area contributed by atoms with E-state index in [1.54, 1.807) is 0 Å². The van der Waals surface area contributed by atoms with Crippen LogP contribution in [0.3, 0.4) is 0 Å². The quantitative estimate of drug-likeness (QED) is 0.517. The van der Waals surface area contributed by atoms with Crippen molar-refractivity contribution >= 4 is 0 Å². The number of rotatable bonds is 2. The summed E-state index contributed by atoms with van der Waals surface area (Å²) in [5.41, 5.74) is 5.59. The molecule has 0 bridgehead atoms. The first-order chi connectivity index (χ1) is 3.56. The molecule has 0 fully saturated rings. The van der Waals surface area contributed by atoms with E-state index in [9.17, 15) is 0 Å². The number of hydrogen-bond acceptors (Lipinski definition) is 2. The Morgan fingerprint density at radius 3 is 2.00 bits per heavy atom. The van der Waals surface area contributed by atoms with Gasteiger partial charge in [-0.15, -0.1) is 0 Å². The van der Waals surface area contributed by atoms with Gasteiger partial charge in [-0.2, -0.15) is 0 Å². The zero-order valence-electron chi connectivity index (χ0n) is 5.99. The monoisotopic (exact) mass is 116 g/mol. The molecule has 50 valence electrons. The highest BCUT2D eigenvalue weighted by Crippen LogP contribution is 2.09. The van der Waals surface area contributed by atoms with Crippen molar-refractivity contribution in [2.45, 2.75) is 20.8 Å². The van der Waals surface area contributed by atoms with Crippen molar-refractivity contribution in [1.82, 2.24) is 5.32 Å². The minimum Gasteiger partial charge on any atom is -0.318 e. The van der Waals surface area contributed by atoms with E-state index in [0.29, 0.717) is 12.1 Å². The Labute approximate surface area is 51.5 Å². The predicted molar refractivity (Wildman–Crippen MR) is 36.5 cm³/mol. The van der Waals surface area contributed by atoms with Gasteiger partial charge in [0, 0.05) is 13.2 Å². The van der Waals surface area contributed by atoms with Crippen molar-refractivity contribution in [1.29, 1.82) is 0 Å². The normalized spacial score (nSPS) is 12.0. The molecule has 2 nitrogen and oxygen atoms in total. The SMILES string of the molecule is CC(C)(C)CNCN. The van der Waals surface area contributed by atoms with E-state index in [2.05, 4.69) is 26.1 Å². The second-order valence-corrected chi connectivity index (χ2v) is 3.19. The van der Waals surface area contributed by atoms with Crippen molar-refractivity contribution in [2.75, 3.05) is 13.2 Å². The first-order valence-electron chi connectivity index (χ1n) is 2.97. The molecule has 0 radical (unpaired) electrons. The Hall–Kier alpha value is -0.0800. The summed E-state index contributed by atoms with van der Waals surface area (Å²) >= 11 is 0. The van der Waals surface area contributed by atoms with Crippen LogP contribution in [0, 0.1) is 5.41 Å². The molecule has 0 spiro atoms. The lowest BCUT2D eigenvalue weighted by Crippen LogP contribution is -2.31. The predicted octanol–water partition coefficient (Wildman–Crippen LogP) is 0.538. The largest absolute Gasteiger partial charge is 0.318 e. The molecule has 0 rings (SSSR count). The lowest BCUT2D eigenvalue weighted by Gasteiger charge is -2.17. The average molecular weight is 116 g/mol. The topological polar surface area (TPSA) is 38.0 Å². The standard InChI is InChI=1S/C6H16N2/c1-6(2,3)4-8-5-7/h8H,4-5,7H2,1-3H3. The fraction of sp³-hybridized carbons (Fsp3) is 1.00. The first kappa shape index (κ1) is 7.92. The van der Waals surface area contributed by atoms with Gasteiger partial charge in [0.1, 0.15) is 0 Å². The van der Waals surface area contributed by atoms with Gasteiger partial charge in [-0.3, -0.25) is 0 Å². The van der Waals surface area contributed by atoms with Crippen LogP contribution in [0.1, 0.15) is 20.8 Å². The Bertz CT molecular complexity index is 54.0. The Morgan fingerprint density at radius 2 is 1.88 bits per heavy atom. The summed E-state index contributed by atoms with van der Waals surface area (Å²) in [7, 11) is 0. The molecular formula is C6H16N2. The van der Waals surface area contributed by atoms with Gasteiger partial charge >= 0.3 is 0 Å². The molecule has 0 aromatic heterocycles. The Kier molecular flexibility index (Phi) is 3.02.